The summed E-state index contributed by atoms with van der Waals surface area (Å²) in [6.07, 6.45) is 0. The molecule has 0 radical (unpaired) electrons. The molecule has 46 heavy (non-hydrogen) atoms. The second kappa shape index (κ2) is 9.62. The Bertz CT molecular complexity index is 2770. The van der Waals surface area contributed by atoms with Crippen molar-refractivity contribution in [1.29, 1.82) is 0 Å². The van der Waals surface area contributed by atoms with Crippen molar-refractivity contribution >= 4 is 82.7 Å². The Hall–Kier alpha value is -6.26. The highest BCUT2D eigenvalue weighted by atomic mass is 16.3. The summed E-state index contributed by atoms with van der Waals surface area (Å²) in [5.41, 5.74) is 9.86. The van der Waals surface area contributed by atoms with Crippen LogP contribution in [0, 0.1) is 0 Å². The van der Waals surface area contributed by atoms with Gasteiger partial charge in [0, 0.05) is 49.8 Å². The van der Waals surface area contributed by atoms with Crippen LogP contribution in [-0.4, -0.2) is 4.57 Å². The minimum Gasteiger partial charge on any atom is -0.456 e. The van der Waals surface area contributed by atoms with Crippen LogP contribution in [0.5, 0.6) is 0 Å². The summed E-state index contributed by atoms with van der Waals surface area (Å²) in [4.78, 5) is 2.30. The molecule has 0 saturated carbocycles. The molecule has 0 aliphatic rings. The van der Waals surface area contributed by atoms with E-state index in [1.54, 1.807) is 0 Å². The molecular formula is C42H26N2O2. The zero-order chi connectivity index (χ0) is 30.2. The summed E-state index contributed by atoms with van der Waals surface area (Å²) in [6, 6.07) is 55.3. The van der Waals surface area contributed by atoms with Gasteiger partial charge in [0.2, 0.25) is 0 Å². The second-order valence-corrected chi connectivity index (χ2v) is 11.8. The molecule has 0 unspecified atom stereocenters. The Morgan fingerprint density at radius 2 is 0.978 bits per heavy atom. The number of aromatic nitrogens is 1. The minimum absolute atomic E-state index is 0.845. The highest BCUT2D eigenvalue weighted by molar-refractivity contribution is 6.13. The molecule has 4 nitrogen and oxygen atoms in total. The Kier molecular flexibility index (Phi) is 5.25. The van der Waals surface area contributed by atoms with E-state index in [9.17, 15) is 0 Å². The number of rotatable bonds is 4. The predicted octanol–water partition coefficient (Wildman–Crippen LogP) is 12.1. The smallest absolute Gasteiger partial charge is 0.159 e. The molecule has 0 atom stereocenters. The molecular weight excluding hydrogens is 564 g/mol. The summed E-state index contributed by atoms with van der Waals surface area (Å²) in [5, 5.41) is 6.83. The Morgan fingerprint density at radius 3 is 1.80 bits per heavy atom. The van der Waals surface area contributed by atoms with E-state index in [2.05, 4.69) is 143 Å². The van der Waals surface area contributed by atoms with E-state index in [1.807, 2.05) is 24.3 Å². The standard InChI is InChI=1S/C42H26N2O2/c1-2-11-27(12-3-1)44-36-17-7-4-13-30(36)31-23-21-28(25-38(31)44)43(29-22-24-34-32-14-5-8-19-39(32)45-41(34)26-29)37-18-10-16-35-33-15-6-9-20-40(33)46-42(35)37/h1-26H. The number of furan rings is 2. The monoisotopic (exact) mass is 590 g/mol. The van der Waals surface area contributed by atoms with Gasteiger partial charge in [-0.15, -0.1) is 0 Å². The lowest BCUT2D eigenvalue weighted by Gasteiger charge is -2.26. The van der Waals surface area contributed by atoms with Crippen molar-refractivity contribution in [3.63, 3.8) is 0 Å². The third kappa shape index (κ3) is 3.61. The molecule has 0 amide bonds. The normalized spacial score (nSPS) is 11.9. The number of benzene rings is 7. The molecule has 0 spiro atoms. The van der Waals surface area contributed by atoms with Crippen LogP contribution in [0.25, 0.3) is 71.4 Å². The minimum atomic E-state index is 0.845. The Labute approximate surface area is 263 Å². The van der Waals surface area contributed by atoms with Crippen molar-refractivity contribution in [1.82, 2.24) is 4.57 Å². The first kappa shape index (κ1) is 25.1. The number of hydrogen-bond donors (Lipinski definition) is 0. The molecule has 10 aromatic rings. The van der Waals surface area contributed by atoms with Gasteiger partial charge < -0.3 is 18.3 Å². The van der Waals surface area contributed by atoms with Gasteiger partial charge in [-0.05, 0) is 60.7 Å². The molecule has 3 aromatic heterocycles. The predicted molar refractivity (Wildman–Crippen MR) is 190 cm³/mol. The Morgan fingerprint density at radius 1 is 0.391 bits per heavy atom. The fourth-order valence-electron chi connectivity index (χ4n) is 7.14. The van der Waals surface area contributed by atoms with Gasteiger partial charge in [-0.3, -0.25) is 0 Å². The van der Waals surface area contributed by atoms with Gasteiger partial charge in [0.1, 0.15) is 16.7 Å². The average molecular weight is 591 g/mol. The summed E-state index contributed by atoms with van der Waals surface area (Å²) in [7, 11) is 0. The first-order valence-electron chi connectivity index (χ1n) is 15.5. The lowest BCUT2D eigenvalue weighted by molar-refractivity contribution is 0.667. The molecule has 0 aliphatic carbocycles. The zero-order valence-electron chi connectivity index (χ0n) is 24.7. The molecule has 10 rings (SSSR count). The van der Waals surface area contributed by atoms with Crippen molar-refractivity contribution in [2.24, 2.45) is 0 Å². The van der Waals surface area contributed by atoms with E-state index >= 15 is 0 Å². The van der Waals surface area contributed by atoms with Crippen LogP contribution < -0.4 is 4.90 Å². The van der Waals surface area contributed by atoms with Gasteiger partial charge in [-0.1, -0.05) is 91.0 Å². The molecule has 216 valence electrons. The fraction of sp³-hybridized carbons (Fsp3) is 0. The molecule has 4 heteroatoms. The second-order valence-electron chi connectivity index (χ2n) is 11.8. The van der Waals surface area contributed by atoms with Gasteiger partial charge in [-0.25, -0.2) is 0 Å². The number of anilines is 3. The van der Waals surface area contributed by atoms with E-state index in [4.69, 9.17) is 8.83 Å². The molecule has 0 bridgehead atoms. The zero-order valence-corrected chi connectivity index (χ0v) is 24.7. The van der Waals surface area contributed by atoms with Gasteiger partial charge in [-0.2, -0.15) is 0 Å². The summed E-state index contributed by atoms with van der Waals surface area (Å²) < 4.78 is 15.3. The van der Waals surface area contributed by atoms with Crippen LogP contribution in [0.4, 0.5) is 17.1 Å². The maximum atomic E-state index is 6.60. The Balaban J connectivity index is 1.28. The van der Waals surface area contributed by atoms with Gasteiger partial charge in [0.25, 0.3) is 0 Å². The SMILES string of the molecule is c1ccc(-n2c3ccccc3c3ccc(N(c4ccc5c(c4)oc4ccccc45)c4cccc5c4oc4ccccc45)cc32)cc1. The third-order valence-corrected chi connectivity index (χ3v) is 9.17. The van der Waals surface area contributed by atoms with Crippen molar-refractivity contribution in [2.75, 3.05) is 4.90 Å². The lowest BCUT2D eigenvalue weighted by atomic mass is 10.1. The number of nitrogens with zero attached hydrogens (tertiary/aromatic N) is 2. The third-order valence-electron chi connectivity index (χ3n) is 9.17. The van der Waals surface area contributed by atoms with Crippen molar-refractivity contribution in [3.8, 4) is 5.69 Å². The summed E-state index contributed by atoms with van der Waals surface area (Å²) in [6.45, 7) is 0. The molecule has 3 heterocycles. The first-order chi connectivity index (χ1) is 22.8. The van der Waals surface area contributed by atoms with E-state index in [0.29, 0.717) is 0 Å². The molecule has 0 fully saturated rings. The van der Waals surface area contributed by atoms with Crippen LogP contribution in [0.15, 0.2) is 167 Å². The van der Waals surface area contributed by atoms with E-state index < -0.39 is 0 Å². The largest absolute Gasteiger partial charge is 0.456 e. The molecule has 7 aromatic carbocycles. The topological polar surface area (TPSA) is 34.5 Å². The highest BCUT2D eigenvalue weighted by Crippen LogP contribution is 2.45. The van der Waals surface area contributed by atoms with Crippen molar-refractivity contribution in [2.45, 2.75) is 0 Å². The lowest BCUT2D eigenvalue weighted by Crippen LogP contribution is -2.10. The van der Waals surface area contributed by atoms with E-state index in [1.165, 1.54) is 16.3 Å². The van der Waals surface area contributed by atoms with Crippen LogP contribution in [-0.2, 0) is 0 Å². The fourth-order valence-corrected chi connectivity index (χ4v) is 7.14. The van der Waals surface area contributed by atoms with Crippen LogP contribution in [0.2, 0.25) is 0 Å². The molecule has 0 N–H and O–H groups in total. The summed E-state index contributed by atoms with van der Waals surface area (Å²) >= 11 is 0. The van der Waals surface area contributed by atoms with Crippen LogP contribution in [0.3, 0.4) is 0 Å². The van der Waals surface area contributed by atoms with Crippen molar-refractivity contribution in [3.05, 3.63) is 158 Å². The van der Waals surface area contributed by atoms with Crippen molar-refractivity contribution < 1.29 is 8.83 Å². The maximum Gasteiger partial charge on any atom is 0.159 e. The van der Waals surface area contributed by atoms with Crippen LogP contribution in [0.1, 0.15) is 0 Å². The highest BCUT2D eigenvalue weighted by Gasteiger charge is 2.22. The number of para-hydroxylation sites is 5. The number of fused-ring (bicyclic) bond motifs is 9. The first-order valence-corrected chi connectivity index (χ1v) is 15.5. The molecule has 0 saturated heterocycles. The molecule has 0 aliphatic heterocycles. The van der Waals surface area contributed by atoms with Gasteiger partial charge >= 0.3 is 0 Å². The average Bonchev–Trinajstić information content (AvgIpc) is 3.78. The van der Waals surface area contributed by atoms with E-state index in [-0.39, 0.29) is 0 Å². The van der Waals surface area contributed by atoms with Crippen LogP contribution >= 0.6 is 0 Å². The maximum absolute atomic E-state index is 6.60. The number of hydrogen-bond acceptors (Lipinski definition) is 3. The quantitative estimate of drug-likeness (QED) is 0.204. The van der Waals surface area contributed by atoms with Gasteiger partial charge in [0.05, 0.1) is 22.4 Å². The van der Waals surface area contributed by atoms with E-state index in [0.717, 1.165) is 72.1 Å². The van der Waals surface area contributed by atoms with Gasteiger partial charge in [0.15, 0.2) is 5.58 Å². The summed E-state index contributed by atoms with van der Waals surface area (Å²) in [5.74, 6) is 0.